The molecule has 0 aromatic heterocycles. The van der Waals surface area contributed by atoms with E-state index >= 15 is 0 Å². The van der Waals surface area contributed by atoms with Crippen LogP contribution in [0.1, 0.15) is 47.5 Å². The highest BCUT2D eigenvalue weighted by Crippen LogP contribution is 2.23. The van der Waals surface area contributed by atoms with Crippen LogP contribution in [0.15, 0.2) is 23.8 Å². The molecule has 0 fully saturated rings. The maximum atomic E-state index is 4.06. The molecule has 76 valence electrons. The van der Waals surface area contributed by atoms with Gasteiger partial charge in [-0.1, -0.05) is 37.6 Å². The van der Waals surface area contributed by atoms with Gasteiger partial charge in [-0.05, 0) is 45.4 Å². The molecule has 0 nitrogen and oxygen atoms in total. The predicted octanol–water partition coefficient (Wildman–Crippen LogP) is 4.58. The quantitative estimate of drug-likeness (QED) is 0.543. The van der Waals surface area contributed by atoms with E-state index in [1.807, 2.05) is 0 Å². The van der Waals surface area contributed by atoms with Crippen LogP contribution in [0.3, 0.4) is 0 Å². The Bertz CT molecular complexity index is 180. The smallest absolute Gasteiger partial charge is 0.0172 e. The largest absolute Gasteiger partial charge is 0.0998 e. The fourth-order valence-corrected chi connectivity index (χ4v) is 1.45. The Hall–Kier alpha value is -0.520. The summed E-state index contributed by atoms with van der Waals surface area (Å²) in [4.78, 5) is 0. The van der Waals surface area contributed by atoms with Crippen LogP contribution in [0.25, 0.3) is 0 Å². The summed E-state index contributed by atoms with van der Waals surface area (Å²) in [6.07, 6.45) is 4.75. The van der Waals surface area contributed by atoms with Crippen molar-refractivity contribution in [3.05, 3.63) is 23.8 Å². The van der Waals surface area contributed by atoms with Gasteiger partial charge in [0, 0.05) is 0 Å². The summed E-state index contributed by atoms with van der Waals surface area (Å²) >= 11 is 0. The van der Waals surface area contributed by atoms with Crippen molar-refractivity contribution in [1.82, 2.24) is 0 Å². The van der Waals surface area contributed by atoms with Crippen LogP contribution in [0, 0.1) is 11.8 Å². The van der Waals surface area contributed by atoms with Gasteiger partial charge >= 0.3 is 0 Å². The summed E-state index contributed by atoms with van der Waals surface area (Å²) in [6.45, 7) is 15.1. The molecular weight excluding hydrogens is 156 g/mol. The van der Waals surface area contributed by atoms with Crippen LogP contribution in [0.5, 0.6) is 0 Å². The SMILES string of the molecule is C=C(C)C(CC=C(C)C)CC(C)C. The molecule has 0 rings (SSSR count). The van der Waals surface area contributed by atoms with Crippen LogP contribution in [0.2, 0.25) is 0 Å². The molecule has 0 saturated heterocycles. The van der Waals surface area contributed by atoms with Crippen molar-refractivity contribution in [2.45, 2.75) is 47.5 Å². The van der Waals surface area contributed by atoms with E-state index in [0.29, 0.717) is 5.92 Å². The second kappa shape index (κ2) is 6.01. The Labute approximate surface area is 83.7 Å². The topological polar surface area (TPSA) is 0 Å². The fraction of sp³-hybridized carbons (Fsp3) is 0.692. The summed E-state index contributed by atoms with van der Waals surface area (Å²) in [7, 11) is 0. The number of allylic oxidation sites excluding steroid dienone is 3. The minimum absolute atomic E-state index is 0.676. The highest BCUT2D eigenvalue weighted by atomic mass is 14.1. The predicted molar refractivity (Wildman–Crippen MR) is 61.8 cm³/mol. The lowest BCUT2D eigenvalue weighted by Crippen LogP contribution is -2.04. The van der Waals surface area contributed by atoms with Crippen molar-refractivity contribution in [2.24, 2.45) is 11.8 Å². The lowest BCUT2D eigenvalue weighted by molar-refractivity contribution is 0.461. The summed E-state index contributed by atoms with van der Waals surface area (Å²) < 4.78 is 0. The first-order valence-electron chi connectivity index (χ1n) is 5.22. The van der Waals surface area contributed by atoms with E-state index in [1.165, 1.54) is 17.6 Å². The Morgan fingerprint density at radius 2 is 1.77 bits per heavy atom. The summed E-state index contributed by atoms with van der Waals surface area (Å²) in [5.74, 6) is 1.45. The number of hydrogen-bond donors (Lipinski definition) is 0. The van der Waals surface area contributed by atoms with Crippen LogP contribution in [-0.2, 0) is 0 Å². The van der Waals surface area contributed by atoms with E-state index < -0.39 is 0 Å². The fourth-order valence-electron chi connectivity index (χ4n) is 1.45. The molecule has 0 spiro atoms. The zero-order chi connectivity index (χ0) is 10.4. The van der Waals surface area contributed by atoms with Crippen LogP contribution < -0.4 is 0 Å². The molecule has 0 aliphatic heterocycles. The average Bonchev–Trinajstić information content (AvgIpc) is 1.96. The van der Waals surface area contributed by atoms with Crippen molar-refractivity contribution < 1.29 is 0 Å². The van der Waals surface area contributed by atoms with Gasteiger partial charge in [0.1, 0.15) is 0 Å². The molecule has 1 unspecified atom stereocenters. The standard InChI is InChI=1S/C13H24/c1-10(2)7-8-13(12(5)6)9-11(3)4/h7,11,13H,5,8-9H2,1-4,6H3. The molecule has 0 aliphatic rings. The Morgan fingerprint density at radius 3 is 2.08 bits per heavy atom. The zero-order valence-corrected chi connectivity index (χ0v) is 9.85. The number of hydrogen-bond acceptors (Lipinski definition) is 0. The monoisotopic (exact) mass is 180 g/mol. The third-order valence-electron chi connectivity index (χ3n) is 2.26. The third kappa shape index (κ3) is 6.62. The van der Waals surface area contributed by atoms with Gasteiger partial charge < -0.3 is 0 Å². The number of rotatable bonds is 5. The molecule has 0 heteroatoms. The molecule has 0 amide bonds. The van der Waals surface area contributed by atoms with Gasteiger partial charge in [-0.2, -0.15) is 0 Å². The first kappa shape index (κ1) is 12.5. The van der Waals surface area contributed by atoms with Gasteiger partial charge in [-0.25, -0.2) is 0 Å². The van der Waals surface area contributed by atoms with Crippen LogP contribution >= 0.6 is 0 Å². The molecule has 0 aromatic carbocycles. The molecule has 0 aromatic rings. The molecule has 0 bridgehead atoms. The summed E-state index contributed by atoms with van der Waals surface area (Å²) in [5, 5.41) is 0. The van der Waals surface area contributed by atoms with E-state index in [9.17, 15) is 0 Å². The second-order valence-corrected chi connectivity index (χ2v) is 4.69. The minimum atomic E-state index is 0.676. The lowest BCUT2D eigenvalue weighted by Gasteiger charge is -2.17. The van der Waals surface area contributed by atoms with E-state index in [-0.39, 0.29) is 0 Å². The van der Waals surface area contributed by atoms with Crippen molar-refractivity contribution >= 4 is 0 Å². The molecule has 1 atom stereocenters. The van der Waals surface area contributed by atoms with Crippen molar-refractivity contribution in [3.8, 4) is 0 Å². The van der Waals surface area contributed by atoms with E-state index in [4.69, 9.17) is 0 Å². The first-order valence-corrected chi connectivity index (χ1v) is 5.22. The summed E-state index contributed by atoms with van der Waals surface area (Å²) in [5.41, 5.74) is 2.74. The van der Waals surface area contributed by atoms with Gasteiger partial charge in [0.05, 0.1) is 0 Å². The highest BCUT2D eigenvalue weighted by molar-refractivity contribution is 5.03. The molecule has 13 heavy (non-hydrogen) atoms. The van der Waals surface area contributed by atoms with Gasteiger partial charge in [-0.3, -0.25) is 0 Å². The maximum absolute atomic E-state index is 4.06. The Morgan fingerprint density at radius 1 is 1.23 bits per heavy atom. The van der Waals surface area contributed by atoms with E-state index in [0.717, 1.165) is 12.3 Å². The van der Waals surface area contributed by atoms with Crippen molar-refractivity contribution in [3.63, 3.8) is 0 Å². The zero-order valence-electron chi connectivity index (χ0n) is 9.85. The minimum Gasteiger partial charge on any atom is -0.0998 e. The van der Waals surface area contributed by atoms with Crippen molar-refractivity contribution in [2.75, 3.05) is 0 Å². The normalized spacial score (nSPS) is 12.8. The Kier molecular flexibility index (Phi) is 5.77. The van der Waals surface area contributed by atoms with Crippen LogP contribution in [-0.4, -0.2) is 0 Å². The van der Waals surface area contributed by atoms with E-state index in [2.05, 4.69) is 47.3 Å². The highest BCUT2D eigenvalue weighted by Gasteiger charge is 2.09. The third-order valence-corrected chi connectivity index (χ3v) is 2.26. The first-order chi connectivity index (χ1) is 5.93. The Balaban J connectivity index is 4.11. The van der Waals surface area contributed by atoms with Crippen LogP contribution in [0.4, 0.5) is 0 Å². The summed E-state index contributed by atoms with van der Waals surface area (Å²) in [6, 6.07) is 0. The molecule has 0 radical (unpaired) electrons. The van der Waals surface area contributed by atoms with Gasteiger partial charge in [0.2, 0.25) is 0 Å². The van der Waals surface area contributed by atoms with Gasteiger partial charge in [0.15, 0.2) is 0 Å². The lowest BCUT2D eigenvalue weighted by atomic mass is 9.88. The maximum Gasteiger partial charge on any atom is -0.0172 e. The van der Waals surface area contributed by atoms with Gasteiger partial charge in [-0.15, -0.1) is 0 Å². The van der Waals surface area contributed by atoms with E-state index in [1.54, 1.807) is 0 Å². The molecule has 0 heterocycles. The average molecular weight is 180 g/mol. The van der Waals surface area contributed by atoms with Crippen molar-refractivity contribution in [1.29, 1.82) is 0 Å². The molecule has 0 saturated carbocycles. The second-order valence-electron chi connectivity index (χ2n) is 4.69. The molecule has 0 N–H and O–H groups in total. The molecular formula is C13H24. The molecule has 0 aliphatic carbocycles. The van der Waals surface area contributed by atoms with Gasteiger partial charge in [0.25, 0.3) is 0 Å².